The minimum atomic E-state index is 0. The number of anilines is 1. The first-order chi connectivity index (χ1) is 11.6. The maximum atomic E-state index is 5.74. The summed E-state index contributed by atoms with van der Waals surface area (Å²) in [6.07, 6.45) is 3.35. The molecule has 0 atom stereocenters. The Morgan fingerprint density at radius 2 is 1.85 bits per heavy atom. The number of nitrogens with one attached hydrogen (secondary N) is 1. The molecule has 0 fully saturated rings. The molecule has 0 aliphatic heterocycles. The number of nitrogens with zero attached hydrogens (tertiary/aromatic N) is 3. The third-order valence-corrected chi connectivity index (χ3v) is 3.92. The van der Waals surface area contributed by atoms with Crippen molar-refractivity contribution in [1.29, 1.82) is 0 Å². The highest BCUT2D eigenvalue weighted by atomic mass is 32.1. The van der Waals surface area contributed by atoms with Crippen LogP contribution in [0.3, 0.4) is 0 Å². The summed E-state index contributed by atoms with van der Waals surface area (Å²) >= 11 is 4.45. The Labute approximate surface area is 157 Å². The molecule has 3 rings (SSSR count). The number of aromatic nitrogens is 3. The zero-order chi connectivity index (χ0) is 16.9. The van der Waals surface area contributed by atoms with Crippen LogP contribution < -0.4 is 10.1 Å². The van der Waals surface area contributed by atoms with E-state index in [1.165, 1.54) is 0 Å². The summed E-state index contributed by atoms with van der Waals surface area (Å²) in [4.78, 5) is 13.7. The number of hydrogen-bond donors (Lipinski definition) is 2. The van der Waals surface area contributed by atoms with E-state index in [-0.39, 0.29) is 17.0 Å². The molecule has 8 heteroatoms. The normalized spacial score (nSPS) is 9.65. The van der Waals surface area contributed by atoms with Gasteiger partial charge in [0.05, 0.1) is 6.20 Å². The molecule has 0 bridgehead atoms. The molecule has 0 aliphatic carbocycles. The van der Waals surface area contributed by atoms with Gasteiger partial charge in [0.2, 0.25) is 0 Å². The van der Waals surface area contributed by atoms with E-state index in [2.05, 4.69) is 32.9 Å². The van der Waals surface area contributed by atoms with Crippen LogP contribution in [0.25, 0.3) is 0 Å². The topological polar surface area (TPSA) is 123 Å². The molecule has 2 aromatic heterocycles. The average Bonchev–Trinajstić information content (AvgIpc) is 2.57. The largest absolute Gasteiger partial charge is 0.422 e. The Hall–Kier alpha value is -2.68. The van der Waals surface area contributed by atoms with Gasteiger partial charge in [0.1, 0.15) is 5.82 Å². The van der Waals surface area contributed by atoms with Gasteiger partial charge in [-0.25, -0.2) is 4.98 Å². The lowest BCUT2D eigenvalue weighted by Crippen LogP contribution is -2.03. The first-order valence-corrected chi connectivity index (χ1v) is 8.01. The molecule has 0 aliphatic rings. The van der Waals surface area contributed by atoms with E-state index >= 15 is 0 Å². The fourth-order valence-corrected chi connectivity index (χ4v) is 2.46. The Morgan fingerprint density at radius 1 is 1.08 bits per heavy atom. The number of benzene rings is 1. The van der Waals surface area contributed by atoms with E-state index in [1.54, 1.807) is 18.5 Å². The van der Waals surface area contributed by atoms with Gasteiger partial charge < -0.3 is 21.0 Å². The molecule has 0 unspecified atom stereocenters. The number of hydrogen-bond acceptors (Lipinski definition) is 6. The van der Waals surface area contributed by atoms with Gasteiger partial charge in [0.25, 0.3) is 0 Å². The Bertz CT molecular complexity index is 861. The highest BCUT2D eigenvalue weighted by molar-refractivity contribution is 7.80. The van der Waals surface area contributed by atoms with Crippen LogP contribution in [-0.4, -0.2) is 25.9 Å². The summed E-state index contributed by atoms with van der Waals surface area (Å²) in [5.74, 6) is 1.34. The zero-order valence-electron chi connectivity index (χ0n) is 14.5. The number of rotatable bonds is 5. The van der Waals surface area contributed by atoms with Gasteiger partial charge in [-0.1, -0.05) is 18.2 Å². The quantitative estimate of drug-likeness (QED) is 0.664. The van der Waals surface area contributed by atoms with Crippen molar-refractivity contribution >= 4 is 18.4 Å². The summed E-state index contributed by atoms with van der Waals surface area (Å²) in [5.41, 5.74) is 3.04. The SMILES string of the molecule is Cc1cc(C)c(Oc2nccc(NCc3ccccc3S)n2)cn1.O.O. The fraction of sp³-hybridized carbons (Fsp3) is 0.167. The first-order valence-electron chi connectivity index (χ1n) is 7.57. The molecule has 1 aromatic carbocycles. The fourth-order valence-electron chi connectivity index (χ4n) is 2.22. The van der Waals surface area contributed by atoms with Crippen molar-refractivity contribution in [2.45, 2.75) is 25.3 Å². The van der Waals surface area contributed by atoms with E-state index < -0.39 is 0 Å². The molecule has 26 heavy (non-hydrogen) atoms. The maximum Gasteiger partial charge on any atom is 0.323 e. The summed E-state index contributed by atoms with van der Waals surface area (Å²) in [6.45, 7) is 4.54. The lowest BCUT2D eigenvalue weighted by atomic mass is 10.2. The van der Waals surface area contributed by atoms with Crippen molar-refractivity contribution in [3.05, 3.63) is 65.6 Å². The minimum Gasteiger partial charge on any atom is -0.422 e. The monoisotopic (exact) mass is 374 g/mol. The van der Waals surface area contributed by atoms with E-state index in [9.17, 15) is 0 Å². The van der Waals surface area contributed by atoms with Crippen LogP contribution in [0.5, 0.6) is 11.8 Å². The first kappa shape index (κ1) is 21.4. The standard InChI is InChI=1S/C18H18N4OS.2H2O/c1-12-9-13(2)20-11-15(12)23-18-19-8-7-17(22-18)21-10-14-5-3-4-6-16(14)24;;/h3-9,11,24H,10H2,1-2H3,(H,19,21,22);2*1H2. The lowest BCUT2D eigenvalue weighted by molar-refractivity contribution is 0.437. The van der Waals surface area contributed by atoms with Gasteiger partial charge in [-0.05, 0) is 43.2 Å². The Morgan fingerprint density at radius 3 is 2.58 bits per heavy atom. The third-order valence-electron chi connectivity index (χ3n) is 3.49. The van der Waals surface area contributed by atoms with E-state index in [1.807, 2.05) is 44.2 Å². The summed E-state index contributed by atoms with van der Waals surface area (Å²) in [6, 6.07) is 12.0. The smallest absolute Gasteiger partial charge is 0.323 e. The molecular weight excluding hydrogens is 352 g/mol. The van der Waals surface area contributed by atoms with Crippen molar-refractivity contribution in [2.75, 3.05) is 5.32 Å². The van der Waals surface area contributed by atoms with Crippen LogP contribution in [-0.2, 0) is 6.54 Å². The average molecular weight is 374 g/mol. The van der Waals surface area contributed by atoms with E-state index in [0.29, 0.717) is 18.1 Å². The Kier molecular flexibility index (Phi) is 7.98. The lowest BCUT2D eigenvalue weighted by Gasteiger charge is -2.10. The van der Waals surface area contributed by atoms with Gasteiger partial charge in [-0.15, -0.1) is 12.6 Å². The molecule has 5 N–H and O–H groups in total. The van der Waals surface area contributed by atoms with Crippen molar-refractivity contribution in [3.63, 3.8) is 0 Å². The number of aryl methyl sites for hydroxylation is 2. The van der Waals surface area contributed by atoms with Crippen LogP contribution in [0.1, 0.15) is 16.8 Å². The van der Waals surface area contributed by atoms with Crippen LogP contribution in [0.15, 0.2) is 53.7 Å². The molecule has 0 amide bonds. The highest BCUT2D eigenvalue weighted by Crippen LogP contribution is 2.22. The number of thiol groups is 1. The summed E-state index contributed by atoms with van der Waals surface area (Å²) in [7, 11) is 0. The second kappa shape index (κ2) is 9.71. The van der Waals surface area contributed by atoms with Gasteiger partial charge in [0, 0.05) is 23.3 Å². The molecule has 0 spiro atoms. The number of ether oxygens (including phenoxy) is 1. The third kappa shape index (κ3) is 5.41. The number of pyridine rings is 1. The van der Waals surface area contributed by atoms with Crippen molar-refractivity contribution in [2.24, 2.45) is 0 Å². The molecular formula is C18H22N4O3S. The van der Waals surface area contributed by atoms with Crippen molar-refractivity contribution in [1.82, 2.24) is 15.0 Å². The molecule has 2 heterocycles. The van der Waals surface area contributed by atoms with Crippen LogP contribution in [0.2, 0.25) is 0 Å². The van der Waals surface area contributed by atoms with Gasteiger partial charge in [0.15, 0.2) is 5.75 Å². The van der Waals surface area contributed by atoms with Gasteiger partial charge >= 0.3 is 6.01 Å². The highest BCUT2D eigenvalue weighted by Gasteiger charge is 2.06. The zero-order valence-corrected chi connectivity index (χ0v) is 15.4. The minimum absolute atomic E-state index is 0. The van der Waals surface area contributed by atoms with E-state index in [0.717, 1.165) is 21.7 Å². The Balaban J connectivity index is 0.00000169. The molecule has 0 saturated carbocycles. The van der Waals surface area contributed by atoms with E-state index in [4.69, 9.17) is 4.74 Å². The van der Waals surface area contributed by atoms with Crippen LogP contribution in [0.4, 0.5) is 5.82 Å². The molecule has 0 saturated heterocycles. The van der Waals surface area contributed by atoms with Gasteiger partial charge in [-0.3, -0.25) is 4.98 Å². The maximum absolute atomic E-state index is 5.74. The predicted molar refractivity (Wildman–Crippen MR) is 104 cm³/mol. The van der Waals surface area contributed by atoms with Crippen molar-refractivity contribution in [3.8, 4) is 11.8 Å². The second-order valence-electron chi connectivity index (χ2n) is 5.40. The summed E-state index contributed by atoms with van der Waals surface area (Å²) in [5, 5.41) is 3.26. The molecule has 3 aromatic rings. The van der Waals surface area contributed by atoms with Crippen LogP contribution >= 0.6 is 12.6 Å². The predicted octanol–water partition coefficient (Wildman–Crippen LogP) is 2.53. The molecule has 138 valence electrons. The summed E-state index contributed by atoms with van der Waals surface area (Å²) < 4.78 is 5.74. The van der Waals surface area contributed by atoms with Crippen LogP contribution in [0, 0.1) is 13.8 Å². The molecule has 7 nitrogen and oxygen atoms in total. The van der Waals surface area contributed by atoms with Gasteiger partial charge in [-0.2, -0.15) is 4.98 Å². The molecule has 0 radical (unpaired) electrons. The second-order valence-corrected chi connectivity index (χ2v) is 5.88. The van der Waals surface area contributed by atoms with Crippen molar-refractivity contribution < 1.29 is 15.7 Å².